The monoisotopic (exact) mass is 298 g/mol. The Bertz CT molecular complexity index is 190. The van der Waals surface area contributed by atoms with Crippen molar-refractivity contribution in [2.75, 3.05) is 6.61 Å². The molecule has 21 heavy (non-hydrogen) atoms. The Morgan fingerprint density at radius 2 is 1.10 bits per heavy atom. The third-order valence-corrected chi connectivity index (χ3v) is 4.43. The molecule has 0 heterocycles. The van der Waals surface area contributed by atoms with Gasteiger partial charge in [0.15, 0.2) is 0 Å². The highest BCUT2D eigenvalue weighted by Crippen LogP contribution is 2.17. The van der Waals surface area contributed by atoms with Crippen molar-refractivity contribution >= 4 is 0 Å². The highest BCUT2D eigenvalue weighted by atomic mass is 16.5. The summed E-state index contributed by atoms with van der Waals surface area (Å²) in [5.41, 5.74) is 0. The molecule has 0 saturated heterocycles. The van der Waals surface area contributed by atoms with Crippen molar-refractivity contribution in [2.24, 2.45) is 5.92 Å². The number of rotatable bonds is 16. The van der Waals surface area contributed by atoms with Crippen molar-refractivity contribution in [2.45, 2.75) is 117 Å². The van der Waals surface area contributed by atoms with E-state index in [1.165, 1.54) is 83.5 Å². The minimum Gasteiger partial charge on any atom is -0.378 e. The van der Waals surface area contributed by atoms with Gasteiger partial charge in [-0.2, -0.15) is 0 Å². The van der Waals surface area contributed by atoms with E-state index in [2.05, 4.69) is 27.7 Å². The second kappa shape index (κ2) is 16.3. The number of hydrogen-bond acceptors (Lipinski definition) is 1. The lowest BCUT2D eigenvalue weighted by Gasteiger charge is -2.20. The average Bonchev–Trinajstić information content (AvgIpc) is 2.49. The van der Waals surface area contributed by atoms with E-state index < -0.39 is 0 Å². The van der Waals surface area contributed by atoms with E-state index in [1.807, 2.05) is 0 Å². The minimum absolute atomic E-state index is 0.530. The van der Waals surface area contributed by atoms with Crippen LogP contribution in [0.1, 0.15) is 111 Å². The van der Waals surface area contributed by atoms with Crippen molar-refractivity contribution in [3.63, 3.8) is 0 Å². The molecule has 0 aliphatic rings. The molecule has 2 atom stereocenters. The van der Waals surface area contributed by atoms with Crippen LogP contribution in [0, 0.1) is 5.92 Å². The SMILES string of the molecule is CCCCCCC(CCCCC)OCC(C)CCCCC. The molecule has 0 aromatic carbocycles. The summed E-state index contributed by atoms with van der Waals surface area (Å²) in [6.45, 7) is 10.2. The van der Waals surface area contributed by atoms with E-state index in [9.17, 15) is 0 Å². The van der Waals surface area contributed by atoms with Gasteiger partial charge in [0.1, 0.15) is 0 Å². The van der Waals surface area contributed by atoms with Crippen molar-refractivity contribution < 1.29 is 4.74 Å². The molecule has 1 heteroatoms. The van der Waals surface area contributed by atoms with Gasteiger partial charge in [-0.05, 0) is 25.2 Å². The van der Waals surface area contributed by atoms with Crippen molar-refractivity contribution in [3.8, 4) is 0 Å². The van der Waals surface area contributed by atoms with Crippen LogP contribution in [0.5, 0.6) is 0 Å². The van der Waals surface area contributed by atoms with Crippen molar-refractivity contribution in [1.29, 1.82) is 0 Å². The smallest absolute Gasteiger partial charge is 0.0575 e. The molecule has 0 aliphatic heterocycles. The van der Waals surface area contributed by atoms with Crippen LogP contribution in [0.25, 0.3) is 0 Å². The summed E-state index contributed by atoms with van der Waals surface area (Å²) in [5, 5.41) is 0. The largest absolute Gasteiger partial charge is 0.378 e. The highest BCUT2D eigenvalue weighted by Gasteiger charge is 2.11. The first-order valence-corrected chi connectivity index (χ1v) is 9.86. The summed E-state index contributed by atoms with van der Waals surface area (Å²) in [6, 6.07) is 0. The third-order valence-electron chi connectivity index (χ3n) is 4.43. The Balaban J connectivity index is 3.83. The lowest BCUT2D eigenvalue weighted by molar-refractivity contribution is 0.0175. The van der Waals surface area contributed by atoms with Gasteiger partial charge in [0, 0.05) is 6.61 Å². The van der Waals surface area contributed by atoms with Crippen LogP contribution >= 0.6 is 0 Å². The van der Waals surface area contributed by atoms with Gasteiger partial charge in [-0.25, -0.2) is 0 Å². The molecule has 0 aromatic heterocycles. The normalized spacial score (nSPS) is 14.3. The molecule has 0 amide bonds. The van der Waals surface area contributed by atoms with E-state index in [1.54, 1.807) is 0 Å². The molecule has 128 valence electrons. The van der Waals surface area contributed by atoms with Gasteiger partial charge < -0.3 is 4.74 Å². The van der Waals surface area contributed by atoms with Crippen LogP contribution in [-0.4, -0.2) is 12.7 Å². The predicted molar refractivity (Wildman–Crippen MR) is 95.9 cm³/mol. The molecule has 0 saturated carbocycles. The topological polar surface area (TPSA) is 9.23 Å². The maximum atomic E-state index is 6.26. The van der Waals surface area contributed by atoms with Crippen LogP contribution in [0.2, 0.25) is 0 Å². The van der Waals surface area contributed by atoms with Crippen LogP contribution < -0.4 is 0 Å². The van der Waals surface area contributed by atoms with E-state index >= 15 is 0 Å². The van der Waals surface area contributed by atoms with E-state index in [0.717, 1.165) is 12.5 Å². The lowest BCUT2D eigenvalue weighted by Crippen LogP contribution is -2.17. The molecule has 0 radical (unpaired) electrons. The fourth-order valence-electron chi connectivity index (χ4n) is 2.86. The van der Waals surface area contributed by atoms with Crippen LogP contribution in [0.15, 0.2) is 0 Å². The summed E-state index contributed by atoms with van der Waals surface area (Å²) in [7, 11) is 0. The molecular weight excluding hydrogens is 256 g/mol. The first-order valence-electron chi connectivity index (χ1n) is 9.86. The third kappa shape index (κ3) is 14.7. The first kappa shape index (κ1) is 21.0. The van der Waals surface area contributed by atoms with Gasteiger partial charge >= 0.3 is 0 Å². The molecule has 0 aliphatic carbocycles. The second-order valence-corrected chi connectivity index (χ2v) is 6.90. The summed E-state index contributed by atoms with van der Waals surface area (Å²) in [5.74, 6) is 0.737. The zero-order valence-corrected chi connectivity index (χ0v) is 15.5. The summed E-state index contributed by atoms with van der Waals surface area (Å²) < 4.78 is 6.26. The first-order chi connectivity index (χ1) is 10.2. The van der Waals surface area contributed by atoms with E-state index in [0.29, 0.717) is 6.10 Å². The molecule has 2 unspecified atom stereocenters. The Morgan fingerprint density at radius 1 is 0.619 bits per heavy atom. The van der Waals surface area contributed by atoms with Crippen molar-refractivity contribution in [3.05, 3.63) is 0 Å². The fourth-order valence-corrected chi connectivity index (χ4v) is 2.86. The molecule has 0 aromatic rings. The van der Waals surface area contributed by atoms with Gasteiger partial charge in [0.25, 0.3) is 0 Å². The fraction of sp³-hybridized carbons (Fsp3) is 1.00. The predicted octanol–water partition coefficient (Wildman–Crippen LogP) is 7.14. The number of hydrogen-bond donors (Lipinski definition) is 0. The highest BCUT2D eigenvalue weighted by molar-refractivity contribution is 4.61. The second-order valence-electron chi connectivity index (χ2n) is 6.90. The molecule has 0 fully saturated rings. The Hall–Kier alpha value is -0.0400. The Kier molecular flexibility index (Phi) is 16.3. The molecule has 0 rings (SSSR count). The van der Waals surface area contributed by atoms with Gasteiger partial charge in [0.05, 0.1) is 6.10 Å². The molecule has 0 spiro atoms. The van der Waals surface area contributed by atoms with Crippen molar-refractivity contribution in [1.82, 2.24) is 0 Å². The van der Waals surface area contributed by atoms with E-state index in [4.69, 9.17) is 4.74 Å². The van der Waals surface area contributed by atoms with Crippen LogP contribution in [0.4, 0.5) is 0 Å². The molecule has 0 N–H and O–H groups in total. The van der Waals surface area contributed by atoms with Gasteiger partial charge in [-0.1, -0.05) is 91.9 Å². The van der Waals surface area contributed by atoms with E-state index in [-0.39, 0.29) is 0 Å². The minimum atomic E-state index is 0.530. The Labute approximate surface area is 135 Å². The van der Waals surface area contributed by atoms with Crippen LogP contribution in [-0.2, 0) is 4.74 Å². The summed E-state index contributed by atoms with van der Waals surface area (Å²) in [4.78, 5) is 0. The number of ether oxygens (including phenoxy) is 1. The van der Waals surface area contributed by atoms with Crippen LogP contribution in [0.3, 0.4) is 0 Å². The lowest BCUT2D eigenvalue weighted by atomic mass is 10.0. The molecular formula is C20H42O. The summed E-state index contributed by atoms with van der Waals surface area (Å²) in [6.07, 6.45) is 18.0. The summed E-state index contributed by atoms with van der Waals surface area (Å²) >= 11 is 0. The average molecular weight is 299 g/mol. The number of unbranched alkanes of at least 4 members (excludes halogenated alkanes) is 7. The zero-order chi connectivity index (χ0) is 15.8. The molecule has 1 nitrogen and oxygen atoms in total. The Morgan fingerprint density at radius 3 is 1.67 bits per heavy atom. The zero-order valence-electron chi connectivity index (χ0n) is 15.5. The van der Waals surface area contributed by atoms with Gasteiger partial charge in [-0.15, -0.1) is 0 Å². The standard InChI is InChI=1S/C20H42O/c1-5-8-11-14-17-20(16-13-10-7-3)21-18-19(4)15-12-9-6-2/h19-20H,5-18H2,1-4H3. The quantitative estimate of drug-likeness (QED) is 0.275. The maximum absolute atomic E-state index is 6.26. The maximum Gasteiger partial charge on any atom is 0.0575 e. The molecule has 0 bridgehead atoms. The van der Waals surface area contributed by atoms with Gasteiger partial charge in [0.2, 0.25) is 0 Å². The van der Waals surface area contributed by atoms with Gasteiger partial charge in [-0.3, -0.25) is 0 Å².